The van der Waals surface area contributed by atoms with Crippen molar-refractivity contribution in [2.45, 2.75) is 26.2 Å². The summed E-state index contributed by atoms with van der Waals surface area (Å²) in [6, 6.07) is 14.7. The van der Waals surface area contributed by atoms with Gasteiger partial charge in [-0.1, -0.05) is 15.9 Å². The number of ether oxygens (including phenoxy) is 1. The maximum Gasteiger partial charge on any atom is 0.226 e. The van der Waals surface area contributed by atoms with Crippen molar-refractivity contribution in [3.05, 3.63) is 69.8 Å². The van der Waals surface area contributed by atoms with Gasteiger partial charge in [-0.25, -0.2) is 4.68 Å². The maximum atomic E-state index is 13.3. The van der Waals surface area contributed by atoms with Crippen molar-refractivity contribution in [2.75, 3.05) is 11.9 Å². The van der Waals surface area contributed by atoms with Crippen LogP contribution in [0.3, 0.4) is 0 Å². The Morgan fingerprint density at radius 2 is 1.90 bits per heavy atom. The summed E-state index contributed by atoms with van der Waals surface area (Å²) in [5, 5.41) is 7.51. The van der Waals surface area contributed by atoms with Crippen LogP contribution in [0, 0.1) is 6.92 Å². The second kappa shape index (κ2) is 7.83. The van der Waals surface area contributed by atoms with Gasteiger partial charge in [-0.15, -0.1) is 0 Å². The number of rotatable bonds is 5. The molecule has 0 unspecified atom stereocenters. The van der Waals surface area contributed by atoms with E-state index in [4.69, 9.17) is 4.74 Å². The summed E-state index contributed by atoms with van der Waals surface area (Å²) < 4.78 is 8.08. The molecule has 1 amide bonds. The summed E-state index contributed by atoms with van der Waals surface area (Å²) in [4.78, 5) is 25.7. The Balaban J connectivity index is 1.73. The number of fused-ring (bicyclic) bond motifs is 1. The van der Waals surface area contributed by atoms with E-state index in [1.165, 1.54) is 0 Å². The Kier molecular flexibility index (Phi) is 5.24. The molecular formula is C22H20BrN3O3. The fourth-order valence-electron chi connectivity index (χ4n) is 3.62. The number of nitrogens with one attached hydrogen (secondary N) is 1. The molecule has 0 spiro atoms. The number of anilines is 1. The highest BCUT2D eigenvalue weighted by atomic mass is 79.9. The number of benzene rings is 2. The number of ketones is 1. The van der Waals surface area contributed by atoms with Crippen molar-refractivity contribution in [3.8, 4) is 11.4 Å². The van der Waals surface area contributed by atoms with E-state index in [0.717, 1.165) is 21.4 Å². The number of carbonyl (C=O) groups is 2. The molecule has 1 aromatic heterocycles. The molecule has 0 bridgehead atoms. The normalized spacial score (nSPS) is 15.6. The SMILES string of the molecule is CCOc1ccc(C(=O)[C@@H]2CC(=O)Nc3c2c(C)nn3-c2ccc(Br)cc2)cc1. The molecule has 0 radical (unpaired) electrons. The van der Waals surface area contributed by atoms with Gasteiger partial charge in [0.05, 0.1) is 23.9 Å². The molecule has 0 fully saturated rings. The first kappa shape index (κ1) is 19.4. The Morgan fingerprint density at radius 1 is 1.21 bits per heavy atom. The number of carbonyl (C=O) groups excluding carboxylic acids is 2. The van der Waals surface area contributed by atoms with Gasteiger partial charge in [0, 0.05) is 22.0 Å². The largest absolute Gasteiger partial charge is 0.494 e. The minimum atomic E-state index is -0.569. The first-order valence-corrected chi connectivity index (χ1v) is 10.2. The van der Waals surface area contributed by atoms with E-state index in [2.05, 4.69) is 26.3 Å². The molecule has 7 heteroatoms. The van der Waals surface area contributed by atoms with Crippen LogP contribution >= 0.6 is 15.9 Å². The number of hydrogen-bond donors (Lipinski definition) is 1. The third-order valence-electron chi connectivity index (χ3n) is 4.94. The maximum absolute atomic E-state index is 13.3. The van der Waals surface area contributed by atoms with E-state index in [1.807, 2.05) is 38.1 Å². The molecule has 1 aliphatic heterocycles. The Labute approximate surface area is 177 Å². The minimum absolute atomic E-state index is 0.0948. The van der Waals surface area contributed by atoms with E-state index in [1.54, 1.807) is 28.9 Å². The summed E-state index contributed by atoms with van der Waals surface area (Å²) in [6.07, 6.45) is 0.103. The Morgan fingerprint density at radius 3 is 2.55 bits per heavy atom. The van der Waals surface area contributed by atoms with Gasteiger partial charge in [0.25, 0.3) is 0 Å². The predicted octanol–water partition coefficient (Wildman–Crippen LogP) is 4.65. The van der Waals surface area contributed by atoms with Crippen molar-refractivity contribution in [1.82, 2.24) is 9.78 Å². The number of Topliss-reactive ketones (excluding diaryl/α,β-unsaturated/α-hetero) is 1. The highest BCUT2D eigenvalue weighted by Crippen LogP contribution is 2.38. The summed E-state index contributed by atoms with van der Waals surface area (Å²) in [6.45, 7) is 4.34. The number of nitrogens with zero attached hydrogens (tertiary/aromatic N) is 2. The van der Waals surface area contributed by atoms with Gasteiger partial charge in [-0.05, 0) is 62.4 Å². The number of aryl methyl sites for hydroxylation is 1. The van der Waals surface area contributed by atoms with Gasteiger partial charge in [-0.3, -0.25) is 9.59 Å². The van der Waals surface area contributed by atoms with Gasteiger partial charge in [0.15, 0.2) is 5.78 Å². The lowest BCUT2D eigenvalue weighted by molar-refractivity contribution is -0.116. The molecule has 0 saturated carbocycles. The summed E-state index contributed by atoms with van der Waals surface area (Å²) in [7, 11) is 0. The Hall–Kier alpha value is -2.93. The summed E-state index contributed by atoms with van der Waals surface area (Å²) in [5.41, 5.74) is 2.86. The molecule has 2 aromatic carbocycles. The molecule has 1 atom stereocenters. The van der Waals surface area contributed by atoms with E-state index < -0.39 is 5.92 Å². The highest BCUT2D eigenvalue weighted by molar-refractivity contribution is 9.10. The molecule has 6 nitrogen and oxygen atoms in total. The molecule has 1 aliphatic rings. The summed E-state index contributed by atoms with van der Waals surface area (Å²) in [5.74, 6) is 0.416. The molecule has 0 saturated heterocycles. The molecule has 0 aliphatic carbocycles. The Bertz CT molecular complexity index is 1070. The van der Waals surface area contributed by atoms with Crippen LogP contribution in [-0.4, -0.2) is 28.1 Å². The average Bonchev–Trinajstić information content (AvgIpc) is 3.04. The van der Waals surface area contributed by atoms with E-state index in [0.29, 0.717) is 23.7 Å². The van der Waals surface area contributed by atoms with Crippen molar-refractivity contribution >= 4 is 33.4 Å². The molecule has 2 heterocycles. The van der Waals surface area contributed by atoms with Crippen LogP contribution in [-0.2, 0) is 4.79 Å². The lowest BCUT2D eigenvalue weighted by Gasteiger charge is -2.23. The standard InChI is InChI=1S/C22H20BrN3O3/c1-3-29-17-10-4-14(5-11-17)21(28)18-12-19(27)24-22-20(18)13(2)25-26(22)16-8-6-15(23)7-9-16/h4-11,18H,3,12H2,1-2H3,(H,24,27)/t18-/m1/s1. The molecule has 29 heavy (non-hydrogen) atoms. The van der Waals surface area contributed by atoms with Crippen LogP contribution in [0.2, 0.25) is 0 Å². The second-order valence-corrected chi connectivity index (χ2v) is 7.78. The van der Waals surface area contributed by atoms with Crippen LogP contribution in [0.5, 0.6) is 5.75 Å². The molecular weight excluding hydrogens is 434 g/mol. The molecule has 3 aromatic rings. The topological polar surface area (TPSA) is 73.2 Å². The van der Waals surface area contributed by atoms with Crippen molar-refractivity contribution in [1.29, 1.82) is 0 Å². The van der Waals surface area contributed by atoms with E-state index in [9.17, 15) is 9.59 Å². The third kappa shape index (κ3) is 3.70. The predicted molar refractivity (Wildman–Crippen MR) is 114 cm³/mol. The van der Waals surface area contributed by atoms with Crippen LogP contribution in [0.25, 0.3) is 5.69 Å². The zero-order chi connectivity index (χ0) is 20.5. The van der Waals surface area contributed by atoms with Crippen LogP contribution in [0.1, 0.15) is 40.9 Å². The minimum Gasteiger partial charge on any atom is -0.494 e. The van der Waals surface area contributed by atoms with Crippen LogP contribution in [0.15, 0.2) is 53.0 Å². The highest BCUT2D eigenvalue weighted by Gasteiger charge is 2.36. The third-order valence-corrected chi connectivity index (χ3v) is 5.47. The van der Waals surface area contributed by atoms with Crippen molar-refractivity contribution < 1.29 is 14.3 Å². The van der Waals surface area contributed by atoms with Gasteiger partial charge < -0.3 is 10.1 Å². The number of halogens is 1. The average molecular weight is 454 g/mol. The summed E-state index contributed by atoms with van der Waals surface area (Å²) >= 11 is 3.42. The van der Waals surface area contributed by atoms with E-state index >= 15 is 0 Å². The second-order valence-electron chi connectivity index (χ2n) is 6.86. The lowest BCUT2D eigenvalue weighted by atomic mass is 9.85. The van der Waals surface area contributed by atoms with Gasteiger partial charge in [-0.2, -0.15) is 5.10 Å². The van der Waals surface area contributed by atoms with Crippen molar-refractivity contribution in [2.24, 2.45) is 0 Å². The molecule has 1 N–H and O–H groups in total. The number of amides is 1. The van der Waals surface area contributed by atoms with Crippen molar-refractivity contribution in [3.63, 3.8) is 0 Å². The zero-order valence-electron chi connectivity index (χ0n) is 16.1. The monoisotopic (exact) mass is 453 g/mol. The van der Waals surface area contributed by atoms with Gasteiger partial charge in [0.2, 0.25) is 5.91 Å². The zero-order valence-corrected chi connectivity index (χ0v) is 17.7. The number of aromatic nitrogens is 2. The first-order chi connectivity index (χ1) is 14.0. The fraction of sp³-hybridized carbons (Fsp3) is 0.227. The first-order valence-electron chi connectivity index (χ1n) is 9.40. The fourth-order valence-corrected chi connectivity index (χ4v) is 3.89. The van der Waals surface area contributed by atoms with Crippen LogP contribution < -0.4 is 10.1 Å². The van der Waals surface area contributed by atoms with Crippen LogP contribution in [0.4, 0.5) is 5.82 Å². The van der Waals surface area contributed by atoms with Gasteiger partial charge >= 0.3 is 0 Å². The molecule has 4 rings (SSSR count). The molecule has 148 valence electrons. The van der Waals surface area contributed by atoms with E-state index in [-0.39, 0.29) is 18.1 Å². The quantitative estimate of drug-likeness (QED) is 0.570. The smallest absolute Gasteiger partial charge is 0.226 e. The lowest BCUT2D eigenvalue weighted by Crippen LogP contribution is -2.28. The van der Waals surface area contributed by atoms with Gasteiger partial charge in [0.1, 0.15) is 11.6 Å². The number of hydrogen-bond acceptors (Lipinski definition) is 4.